The van der Waals surface area contributed by atoms with Crippen molar-refractivity contribution in [3.05, 3.63) is 24.3 Å². The number of rotatable bonds is 6. The fourth-order valence-electron chi connectivity index (χ4n) is 1.47. The Bertz CT molecular complexity index is 480. The van der Waals surface area contributed by atoms with Crippen molar-refractivity contribution in [2.24, 2.45) is 0 Å². The lowest BCUT2D eigenvalue weighted by Crippen LogP contribution is -2.45. The summed E-state index contributed by atoms with van der Waals surface area (Å²) >= 11 is 0. The maximum atomic E-state index is 12.0. The Labute approximate surface area is 120 Å². The van der Waals surface area contributed by atoms with Crippen molar-refractivity contribution in [3.63, 3.8) is 0 Å². The first-order chi connectivity index (χ1) is 9.92. The second-order valence-corrected chi connectivity index (χ2v) is 4.12. The van der Waals surface area contributed by atoms with Crippen molar-refractivity contribution in [2.75, 3.05) is 11.9 Å². The highest BCUT2D eigenvalue weighted by atomic mass is 19.3. The van der Waals surface area contributed by atoms with Gasteiger partial charge in [-0.2, -0.15) is 8.78 Å². The zero-order valence-corrected chi connectivity index (χ0v) is 11.7. The van der Waals surface area contributed by atoms with Gasteiger partial charge in [0.15, 0.2) is 0 Å². The standard InChI is InChI=1S/C13H17F2N3O3/c1-3-16-13(20)18-11(19)8(2)17-9-4-6-10(7-5-9)21-12(14)15/h4-8,12,17H,3H2,1-2H3,(H2,16,18,19,20). The number of halogens is 2. The zero-order valence-electron chi connectivity index (χ0n) is 11.7. The van der Waals surface area contributed by atoms with Crippen LogP contribution in [-0.2, 0) is 4.79 Å². The van der Waals surface area contributed by atoms with Gasteiger partial charge in [-0.15, -0.1) is 0 Å². The molecule has 1 unspecified atom stereocenters. The maximum Gasteiger partial charge on any atom is 0.387 e. The molecule has 1 aromatic rings. The van der Waals surface area contributed by atoms with Crippen molar-refractivity contribution in [1.29, 1.82) is 0 Å². The van der Waals surface area contributed by atoms with E-state index in [0.717, 1.165) is 0 Å². The van der Waals surface area contributed by atoms with E-state index in [0.29, 0.717) is 12.2 Å². The summed E-state index contributed by atoms with van der Waals surface area (Å²) in [6.45, 7) is 0.824. The third kappa shape index (κ3) is 6.07. The number of nitrogens with one attached hydrogen (secondary N) is 3. The van der Waals surface area contributed by atoms with E-state index in [9.17, 15) is 18.4 Å². The van der Waals surface area contributed by atoms with Crippen LogP contribution in [-0.4, -0.2) is 31.1 Å². The first-order valence-corrected chi connectivity index (χ1v) is 6.32. The molecule has 0 radical (unpaired) electrons. The van der Waals surface area contributed by atoms with Crippen LogP contribution >= 0.6 is 0 Å². The minimum atomic E-state index is -2.88. The van der Waals surface area contributed by atoms with E-state index in [4.69, 9.17) is 0 Å². The summed E-state index contributed by atoms with van der Waals surface area (Å²) in [7, 11) is 0. The van der Waals surface area contributed by atoms with Gasteiger partial charge in [-0.1, -0.05) is 0 Å². The molecule has 3 amide bonds. The van der Waals surface area contributed by atoms with Crippen molar-refractivity contribution >= 4 is 17.6 Å². The second kappa shape index (κ2) is 8.03. The van der Waals surface area contributed by atoms with Crippen LogP contribution in [0.5, 0.6) is 5.75 Å². The van der Waals surface area contributed by atoms with E-state index in [2.05, 4.69) is 20.7 Å². The number of anilines is 1. The van der Waals surface area contributed by atoms with Crippen LogP contribution in [0.25, 0.3) is 0 Å². The summed E-state index contributed by atoms with van der Waals surface area (Å²) in [4.78, 5) is 22.9. The Morgan fingerprint density at radius 1 is 1.24 bits per heavy atom. The van der Waals surface area contributed by atoms with E-state index < -0.39 is 24.6 Å². The van der Waals surface area contributed by atoms with Crippen LogP contribution in [0, 0.1) is 0 Å². The molecular formula is C13H17F2N3O3. The molecule has 0 aromatic heterocycles. The zero-order chi connectivity index (χ0) is 15.8. The van der Waals surface area contributed by atoms with Crippen molar-refractivity contribution in [1.82, 2.24) is 10.6 Å². The molecule has 0 saturated heterocycles. The van der Waals surface area contributed by atoms with Gasteiger partial charge in [0.25, 0.3) is 0 Å². The Balaban J connectivity index is 2.52. The molecule has 0 aliphatic heterocycles. The molecule has 116 valence electrons. The Kier molecular flexibility index (Phi) is 6.38. The molecular weight excluding hydrogens is 284 g/mol. The highest BCUT2D eigenvalue weighted by Crippen LogP contribution is 2.18. The lowest BCUT2D eigenvalue weighted by Gasteiger charge is -2.15. The van der Waals surface area contributed by atoms with Crippen molar-refractivity contribution in [2.45, 2.75) is 26.5 Å². The molecule has 1 aromatic carbocycles. The number of benzene rings is 1. The van der Waals surface area contributed by atoms with Crippen LogP contribution in [0.3, 0.4) is 0 Å². The predicted molar refractivity (Wildman–Crippen MR) is 73.4 cm³/mol. The van der Waals surface area contributed by atoms with Gasteiger partial charge >= 0.3 is 12.6 Å². The van der Waals surface area contributed by atoms with Gasteiger partial charge in [0.05, 0.1) is 0 Å². The lowest BCUT2D eigenvalue weighted by atomic mass is 10.2. The van der Waals surface area contributed by atoms with Crippen molar-refractivity contribution in [3.8, 4) is 5.75 Å². The minimum absolute atomic E-state index is 0.0231. The molecule has 1 atom stereocenters. The monoisotopic (exact) mass is 301 g/mol. The molecule has 0 bridgehead atoms. The highest BCUT2D eigenvalue weighted by molar-refractivity contribution is 5.97. The van der Waals surface area contributed by atoms with E-state index >= 15 is 0 Å². The number of amides is 3. The Hall–Kier alpha value is -2.38. The number of hydrogen-bond acceptors (Lipinski definition) is 4. The van der Waals surface area contributed by atoms with E-state index in [1.165, 1.54) is 24.3 Å². The third-order valence-corrected chi connectivity index (χ3v) is 2.43. The molecule has 0 fully saturated rings. The van der Waals surface area contributed by atoms with E-state index in [-0.39, 0.29) is 5.75 Å². The number of hydrogen-bond donors (Lipinski definition) is 3. The van der Waals surface area contributed by atoms with Gasteiger partial charge in [0.1, 0.15) is 11.8 Å². The van der Waals surface area contributed by atoms with E-state index in [1.807, 2.05) is 0 Å². The second-order valence-electron chi connectivity index (χ2n) is 4.12. The normalized spacial score (nSPS) is 11.7. The van der Waals surface area contributed by atoms with Crippen LogP contribution in [0.1, 0.15) is 13.8 Å². The average Bonchev–Trinajstić information content (AvgIpc) is 2.40. The molecule has 0 aliphatic carbocycles. The number of carbonyl (C=O) groups is 2. The number of imide groups is 1. The molecule has 0 heterocycles. The smallest absolute Gasteiger partial charge is 0.387 e. The number of ether oxygens (including phenoxy) is 1. The summed E-state index contributed by atoms with van der Waals surface area (Å²) in [6, 6.07) is 4.44. The van der Waals surface area contributed by atoms with Gasteiger partial charge in [-0.25, -0.2) is 4.79 Å². The maximum absolute atomic E-state index is 12.0. The third-order valence-electron chi connectivity index (χ3n) is 2.43. The predicted octanol–water partition coefficient (Wildman–Crippen LogP) is 1.93. The molecule has 21 heavy (non-hydrogen) atoms. The van der Waals surface area contributed by atoms with Crippen LogP contribution < -0.4 is 20.7 Å². The van der Waals surface area contributed by atoms with Gasteiger partial charge < -0.3 is 15.4 Å². The van der Waals surface area contributed by atoms with Gasteiger partial charge in [0, 0.05) is 12.2 Å². The Morgan fingerprint density at radius 2 is 1.86 bits per heavy atom. The molecule has 6 nitrogen and oxygen atoms in total. The molecule has 8 heteroatoms. The molecule has 1 rings (SSSR count). The topological polar surface area (TPSA) is 79.5 Å². The van der Waals surface area contributed by atoms with Crippen LogP contribution in [0.4, 0.5) is 19.3 Å². The highest BCUT2D eigenvalue weighted by Gasteiger charge is 2.15. The summed E-state index contributed by atoms with van der Waals surface area (Å²) in [5, 5.41) is 7.43. The van der Waals surface area contributed by atoms with Gasteiger partial charge in [0.2, 0.25) is 5.91 Å². The van der Waals surface area contributed by atoms with Crippen LogP contribution in [0.2, 0.25) is 0 Å². The minimum Gasteiger partial charge on any atom is -0.435 e. The fourth-order valence-corrected chi connectivity index (χ4v) is 1.47. The quantitative estimate of drug-likeness (QED) is 0.750. The van der Waals surface area contributed by atoms with Gasteiger partial charge in [-0.05, 0) is 38.1 Å². The van der Waals surface area contributed by atoms with Gasteiger partial charge in [-0.3, -0.25) is 10.1 Å². The van der Waals surface area contributed by atoms with E-state index in [1.54, 1.807) is 13.8 Å². The number of urea groups is 1. The Morgan fingerprint density at radius 3 is 2.38 bits per heavy atom. The summed E-state index contributed by atoms with van der Waals surface area (Å²) in [6.07, 6.45) is 0. The fraction of sp³-hybridized carbons (Fsp3) is 0.385. The lowest BCUT2D eigenvalue weighted by molar-refractivity contribution is -0.120. The summed E-state index contributed by atoms with van der Waals surface area (Å²) in [5.41, 5.74) is 0.537. The first kappa shape index (κ1) is 16.7. The summed E-state index contributed by atoms with van der Waals surface area (Å²) < 4.78 is 28.2. The molecule has 0 spiro atoms. The molecule has 0 saturated carbocycles. The average molecular weight is 301 g/mol. The SMILES string of the molecule is CCNC(=O)NC(=O)C(C)Nc1ccc(OC(F)F)cc1. The number of carbonyl (C=O) groups excluding carboxylic acids is 2. The number of alkyl halides is 2. The largest absolute Gasteiger partial charge is 0.435 e. The first-order valence-electron chi connectivity index (χ1n) is 6.32. The molecule has 3 N–H and O–H groups in total. The van der Waals surface area contributed by atoms with Crippen molar-refractivity contribution < 1.29 is 23.1 Å². The summed E-state index contributed by atoms with van der Waals surface area (Å²) in [5.74, 6) is -0.483. The van der Waals surface area contributed by atoms with Crippen LogP contribution in [0.15, 0.2) is 24.3 Å². The molecule has 0 aliphatic rings.